The van der Waals surface area contributed by atoms with Gasteiger partial charge >= 0.3 is 0 Å². The molecule has 1 saturated heterocycles. The Morgan fingerprint density at radius 3 is 2.25 bits per heavy atom. The predicted molar refractivity (Wildman–Crippen MR) is 103 cm³/mol. The van der Waals surface area contributed by atoms with Gasteiger partial charge in [0.05, 0.1) is 0 Å². The van der Waals surface area contributed by atoms with Crippen molar-refractivity contribution in [2.45, 2.75) is 0 Å². The maximum atomic E-state index is 12.6. The van der Waals surface area contributed by atoms with Crippen LogP contribution in [-0.4, -0.2) is 63.5 Å². The van der Waals surface area contributed by atoms with E-state index in [1.54, 1.807) is 41.4 Å². The Balaban J connectivity index is 1.41. The molecule has 0 saturated carbocycles. The van der Waals surface area contributed by atoms with Gasteiger partial charge in [-0.3, -0.25) is 14.4 Å². The molecule has 3 aromatic rings. The highest BCUT2D eigenvalue weighted by atomic mass is 16.2. The van der Waals surface area contributed by atoms with Gasteiger partial charge in [0.2, 0.25) is 0 Å². The molecule has 1 aliphatic rings. The third-order valence-corrected chi connectivity index (χ3v) is 4.77. The summed E-state index contributed by atoms with van der Waals surface area (Å²) in [4.78, 5) is 49.1. The Labute approximate surface area is 161 Å². The van der Waals surface area contributed by atoms with Crippen LogP contribution in [0.25, 0.3) is 11.0 Å². The highest BCUT2D eigenvalue weighted by molar-refractivity contribution is 6.42. The van der Waals surface area contributed by atoms with Crippen LogP contribution in [0.5, 0.6) is 0 Å². The molecule has 7 nitrogen and oxygen atoms in total. The molecule has 28 heavy (non-hydrogen) atoms. The monoisotopic (exact) mass is 374 g/mol. The number of fused-ring (bicyclic) bond motifs is 1. The lowest BCUT2D eigenvalue weighted by atomic mass is 10.1. The second-order valence-electron chi connectivity index (χ2n) is 6.53. The van der Waals surface area contributed by atoms with Gasteiger partial charge in [-0.05, 0) is 36.4 Å². The molecular formula is C21H18N4O3. The van der Waals surface area contributed by atoms with Gasteiger partial charge in [0.15, 0.2) is 5.65 Å². The first-order valence-electron chi connectivity index (χ1n) is 9.03. The van der Waals surface area contributed by atoms with Crippen molar-refractivity contribution >= 4 is 28.6 Å². The van der Waals surface area contributed by atoms with Crippen molar-refractivity contribution < 1.29 is 14.4 Å². The molecule has 0 atom stereocenters. The average molecular weight is 374 g/mol. The lowest BCUT2D eigenvalue weighted by Gasteiger charge is -2.34. The second kappa shape index (κ2) is 7.56. The summed E-state index contributed by atoms with van der Waals surface area (Å²) in [6, 6.07) is 15.9. The van der Waals surface area contributed by atoms with Crippen LogP contribution in [0.15, 0.2) is 60.8 Å². The van der Waals surface area contributed by atoms with E-state index in [2.05, 4.69) is 9.97 Å². The van der Waals surface area contributed by atoms with Crippen molar-refractivity contribution in [1.82, 2.24) is 19.8 Å². The van der Waals surface area contributed by atoms with Crippen LogP contribution >= 0.6 is 0 Å². The Kier molecular flexibility index (Phi) is 4.80. The fourth-order valence-electron chi connectivity index (χ4n) is 3.21. The fraction of sp³-hybridized carbons (Fsp3) is 0.190. The van der Waals surface area contributed by atoms with Crippen molar-refractivity contribution in [2.75, 3.05) is 26.2 Å². The predicted octanol–water partition coefficient (Wildman–Crippen LogP) is 1.80. The Morgan fingerprint density at radius 2 is 1.50 bits per heavy atom. The topological polar surface area (TPSA) is 83.5 Å². The second-order valence-corrected chi connectivity index (χ2v) is 6.53. The van der Waals surface area contributed by atoms with Gasteiger partial charge in [-0.25, -0.2) is 9.97 Å². The van der Waals surface area contributed by atoms with Crippen molar-refractivity contribution in [3.05, 3.63) is 72.1 Å². The minimum absolute atomic E-state index is 0.0682. The van der Waals surface area contributed by atoms with Crippen molar-refractivity contribution in [2.24, 2.45) is 0 Å². The first-order valence-corrected chi connectivity index (χ1v) is 9.03. The van der Waals surface area contributed by atoms with Crippen molar-refractivity contribution in [1.29, 1.82) is 0 Å². The number of Topliss-reactive ketones (excluding diaryl/α,β-unsaturated/α-hetero) is 1. The average Bonchev–Trinajstić information content (AvgIpc) is 2.78. The van der Waals surface area contributed by atoms with E-state index in [1.165, 1.54) is 4.90 Å². The standard InChI is InChI=1S/C21H18N4O3/c26-18(17-9-8-15-7-4-10-22-19(15)23-17)21(28)25-13-11-24(12-14-25)20(27)16-5-2-1-3-6-16/h1-10H,11-14H2. The summed E-state index contributed by atoms with van der Waals surface area (Å²) in [5, 5.41) is 0.805. The first-order chi connectivity index (χ1) is 13.6. The molecular weight excluding hydrogens is 356 g/mol. The van der Waals surface area contributed by atoms with E-state index in [0.717, 1.165) is 5.39 Å². The van der Waals surface area contributed by atoms with Crippen LogP contribution in [0, 0.1) is 0 Å². The van der Waals surface area contributed by atoms with Crippen LogP contribution < -0.4 is 0 Å². The van der Waals surface area contributed by atoms with E-state index in [4.69, 9.17) is 0 Å². The van der Waals surface area contributed by atoms with Crippen molar-refractivity contribution in [3.63, 3.8) is 0 Å². The number of aromatic nitrogens is 2. The number of rotatable bonds is 3. The number of benzene rings is 1. The molecule has 0 bridgehead atoms. The lowest BCUT2D eigenvalue weighted by molar-refractivity contribution is -0.127. The zero-order valence-electron chi connectivity index (χ0n) is 15.1. The quantitative estimate of drug-likeness (QED) is 0.516. The van der Waals surface area contributed by atoms with Crippen LogP contribution in [-0.2, 0) is 4.79 Å². The summed E-state index contributed by atoms with van der Waals surface area (Å²) in [7, 11) is 0. The Hall–Kier alpha value is -3.61. The van der Waals surface area contributed by atoms with Gasteiger partial charge in [0.25, 0.3) is 17.6 Å². The summed E-state index contributed by atoms with van der Waals surface area (Å²) in [5.41, 5.74) is 1.13. The molecule has 1 aliphatic heterocycles. The van der Waals surface area contributed by atoms with Gasteiger partial charge in [0, 0.05) is 43.3 Å². The third-order valence-electron chi connectivity index (χ3n) is 4.77. The van der Waals surface area contributed by atoms with Crippen LogP contribution in [0.2, 0.25) is 0 Å². The van der Waals surface area contributed by atoms with E-state index in [-0.39, 0.29) is 11.6 Å². The molecule has 0 spiro atoms. The number of hydrogen-bond donors (Lipinski definition) is 0. The van der Waals surface area contributed by atoms with Gasteiger partial charge in [-0.1, -0.05) is 18.2 Å². The SMILES string of the molecule is O=C(C(=O)N1CCN(C(=O)c2ccccc2)CC1)c1ccc2cccnc2n1. The molecule has 7 heteroatoms. The number of carbonyl (C=O) groups excluding carboxylic acids is 3. The molecule has 1 aromatic carbocycles. The number of carbonyl (C=O) groups is 3. The molecule has 4 rings (SSSR count). The summed E-state index contributed by atoms with van der Waals surface area (Å²) in [5.74, 6) is -1.33. The van der Waals surface area contributed by atoms with Gasteiger partial charge in [-0.15, -0.1) is 0 Å². The summed E-state index contributed by atoms with van der Waals surface area (Å²) in [6.45, 7) is 1.41. The Bertz CT molecular complexity index is 1040. The highest BCUT2D eigenvalue weighted by Crippen LogP contribution is 2.13. The smallest absolute Gasteiger partial charge is 0.296 e. The maximum absolute atomic E-state index is 12.6. The first kappa shape index (κ1) is 17.8. The summed E-state index contributed by atoms with van der Waals surface area (Å²) < 4.78 is 0. The number of nitrogens with zero attached hydrogens (tertiary/aromatic N) is 4. The zero-order valence-corrected chi connectivity index (χ0v) is 15.1. The zero-order chi connectivity index (χ0) is 19.5. The lowest BCUT2D eigenvalue weighted by Crippen LogP contribution is -2.52. The number of pyridine rings is 2. The number of piperazine rings is 1. The molecule has 140 valence electrons. The minimum Gasteiger partial charge on any atom is -0.335 e. The normalized spacial score (nSPS) is 14.1. The van der Waals surface area contributed by atoms with Crippen molar-refractivity contribution in [3.8, 4) is 0 Å². The van der Waals surface area contributed by atoms with E-state index in [1.807, 2.05) is 24.3 Å². The summed E-state index contributed by atoms with van der Waals surface area (Å²) in [6.07, 6.45) is 1.59. The molecule has 3 heterocycles. The largest absolute Gasteiger partial charge is 0.335 e. The van der Waals surface area contributed by atoms with E-state index in [9.17, 15) is 14.4 Å². The summed E-state index contributed by atoms with van der Waals surface area (Å²) >= 11 is 0. The molecule has 2 aromatic heterocycles. The number of amides is 2. The van der Waals surface area contributed by atoms with Crippen LogP contribution in [0.3, 0.4) is 0 Å². The molecule has 2 amide bonds. The fourth-order valence-corrected chi connectivity index (χ4v) is 3.21. The maximum Gasteiger partial charge on any atom is 0.296 e. The van der Waals surface area contributed by atoms with E-state index < -0.39 is 11.7 Å². The Morgan fingerprint density at radius 1 is 0.786 bits per heavy atom. The van der Waals surface area contributed by atoms with Gasteiger partial charge in [-0.2, -0.15) is 0 Å². The molecule has 0 unspecified atom stereocenters. The molecule has 0 radical (unpaired) electrons. The van der Waals surface area contributed by atoms with Gasteiger partial charge < -0.3 is 9.80 Å². The molecule has 0 N–H and O–H groups in total. The number of hydrogen-bond acceptors (Lipinski definition) is 5. The molecule has 0 aliphatic carbocycles. The van der Waals surface area contributed by atoms with Crippen LogP contribution in [0.4, 0.5) is 0 Å². The third kappa shape index (κ3) is 3.46. The number of ketones is 1. The van der Waals surface area contributed by atoms with Crippen LogP contribution in [0.1, 0.15) is 20.8 Å². The minimum atomic E-state index is -0.657. The molecule has 1 fully saturated rings. The van der Waals surface area contributed by atoms with Gasteiger partial charge in [0.1, 0.15) is 5.69 Å². The van der Waals surface area contributed by atoms with E-state index in [0.29, 0.717) is 37.4 Å². The van der Waals surface area contributed by atoms with E-state index >= 15 is 0 Å². The highest BCUT2D eigenvalue weighted by Gasteiger charge is 2.29.